The van der Waals surface area contributed by atoms with E-state index in [1.54, 1.807) is 12.1 Å². The molecule has 7 heteroatoms. The molecule has 1 aromatic carbocycles. The summed E-state index contributed by atoms with van der Waals surface area (Å²) in [6, 6.07) is 10.1. The molecule has 0 aliphatic carbocycles. The van der Waals surface area contributed by atoms with Gasteiger partial charge in [0.2, 0.25) is 5.95 Å². The van der Waals surface area contributed by atoms with Crippen molar-refractivity contribution in [3.8, 4) is 0 Å². The van der Waals surface area contributed by atoms with Gasteiger partial charge in [-0.1, -0.05) is 18.2 Å². The minimum Gasteiger partial charge on any atom is -0.350 e. The van der Waals surface area contributed by atoms with Crippen molar-refractivity contribution in [2.24, 2.45) is 0 Å². The van der Waals surface area contributed by atoms with Crippen molar-refractivity contribution in [3.63, 3.8) is 0 Å². The predicted molar refractivity (Wildman–Crippen MR) is 73.3 cm³/mol. The summed E-state index contributed by atoms with van der Waals surface area (Å²) in [7, 11) is 0. The van der Waals surface area contributed by atoms with Crippen molar-refractivity contribution in [1.29, 1.82) is 0 Å². The lowest BCUT2D eigenvalue weighted by molar-refractivity contribution is -0.384. The number of hydrogen-bond acceptors (Lipinski definition) is 4. The molecule has 1 N–H and O–H groups in total. The fraction of sp³-hybridized carbons (Fsp3) is 0.143. The minimum atomic E-state index is -0.710. The van der Waals surface area contributed by atoms with Crippen LogP contribution < -0.4 is 5.32 Å². The number of pyridine rings is 1. The number of aromatic nitrogens is 1. The SMILES string of the molecule is O=C(NCCc1ccc([N+](=O)[O-])cc1)c1cccc(F)n1. The molecule has 1 amide bonds. The van der Waals surface area contributed by atoms with E-state index in [0.717, 1.165) is 11.6 Å². The lowest BCUT2D eigenvalue weighted by Crippen LogP contribution is -2.26. The molecule has 0 radical (unpaired) electrons. The fourth-order valence-electron chi connectivity index (χ4n) is 1.73. The molecule has 0 unspecified atom stereocenters. The first-order valence-corrected chi connectivity index (χ1v) is 6.20. The van der Waals surface area contributed by atoms with Gasteiger partial charge in [-0.2, -0.15) is 4.39 Å². The number of amides is 1. The molecular formula is C14H12FN3O3. The molecule has 2 rings (SSSR count). The molecule has 0 aliphatic rings. The Morgan fingerprint density at radius 2 is 1.95 bits per heavy atom. The van der Waals surface area contributed by atoms with Gasteiger partial charge in [0.1, 0.15) is 5.69 Å². The summed E-state index contributed by atoms with van der Waals surface area (Å²) < 4.78 is 12.9. The zero-order valence-electron chi connectivity index (χ0n) is 11.0. The standard InChI is InChI=1S/C14H12FN3O3/c15-13-3-1-2-12(17-13)14(19)16-9-8-10-4-6-11(7-5-10)18(20)21/h1-7H,8-9H2,(H,16,19). The first-order chi connectivity index (χ1) is 10.1. The number of hydrogen-bond donors (Lipinski definition) is 1. The van der Waals surface area contributed by atoms with E-state index in [1.807, 2.05) is 0 Å². The monoisotopic (exact) mass is 289 g/mol. The Balaban J connectivity index is 1.86. The molecule has 0 atom stereocenters. The summed E-state index contributed by atoms with van der Waals surface area (Å²) in [6.45, 7) is 0.328. The van der Waals surface area contributed by atoms with Crippen molar-refractivity contribution in [2.45, 2.75) is 6.42 Å². The minimum absolute atomic E-state index is 0.0127. The quantitative estimate of drug-likeness (QED) is 0.519. The molecule has 0 saturated carbocycles. The summed E-state index contributed by atoms with van der Waals surface area (Å²) in [5.41, 5.74) is 0.888. The Morgan fingerprint density at radius 3 is 2.57 bits per heavy atom. The number of nitro groups is 1. The van der Waals surface area contributed by atoms with Gasteiger partial charge >= 0.3 is 0 Å². The Kier molecular flexibility index (Phi) is 4.55. The van der Waals surface area contributed by atoms with Gasteiger partial charge in [-0.15, -0.1) is 0 Å². The number of nitrogens with zero attached hydrogens (tertiary/aromatic N) is 2. The van der Waals surface area contributed by atoms with Crippen molar-refractivity contribution in [2.75, 3.05) is 6.54 Å². The molecule has 0 fully saturated rings. The maximum atomic E-state index is 12.9. The number of halogens is 1. The van der Waals surface area contributed by atoms with Gasteiger partial charge in [0.25, 0.3) is 11.6 Å². The Hall–Kier alpha value is -2.83. The van der Waals surface area contributed by atoms with Crippen LogP contribution in [-0.4, -0.2) is 22.4 Å². The Bertz CT molecular complexity index is 659. The first kappa shape index (κ1) is 14.6. The highest BCUT2D eigenvalue weighted by Gasteiger charge is 2.08. The van der Waals surface area contributed by atoms with Gasteiger partial charge in [-0.3, -0.25) is 14.9 Å². The van der Waals surface area contributed by atoms with Crippen LogP contribution in [0.5, 0.6) is 0 Å². The lowest BCUT2D eigenvalue weighted by Gasteiger charge is -2.05. The Labute approximate surface area is 119 Å². The van der Waals surface area contributed by atoms with Crippen LogP contribution >= 0.6 is 0 Å². The van der Waals surface area contributed by atoms with E-state index in [0.29, 0.717) is 13.0 Å². The number of non-ortho nitro benzene ring substituents is 1. The highest BCUT2D eigenvalue weighted by molar-refractivity contribution is 5.92. The van der Waals surface area contributed by atoms with Gasteiger partial charge in [0, 0.05) is 18.7 Å². The third-order valence-electron chi connectivity index (χ3n) is 2.79. The normalized spacial score (nSPS) is 10.1. The van der Waals surface area contributed by atoms with Crippen LogP contribution in [0.1, 0.15) is 16.1 Å². The molecule has 0 saturated heterocycles. The maximum absolute atomic E-state index is 12.9. The summed E-state index contributed by atoms with van der Waals surface area (Å²) >= 11 is 0. The topological polar surface area (TPSA) is 85.1 Å². The van der Waals surface area contributed by atoms with Crippen LogP contribution in [0.25, 0.3) is 0 Å². The Morgan fingerprint density at radius 1 is 1.24 bits per heavy atom. The maximum Gasteiger partial charge on any atom is 0.270 e. The van der Waals surface area contributed by atoms with Gasteiger partial charge in [0.15, 0.2) is 0 Å². The highest BCUT2D eigenvalue weighted by atomic mass is 19.1. The van der Waals surface area contributed by atoms with Gasteiger partial charge < -0.3 is 5.32 Å². The molecule has 0 bridgehead atoms. The third kappa shape index (κ3) is 4.07. The largest absolute Gasteiger partial charge is 0.350 e. The molecular weight excluding hydrogens is 277 g/mol. The van der Waals surface area contributed by atoms with Crippen molar-refractivity contribution < 1.29 is 14.1 Å². The average molecular weight is 289 g/mol. The van der Waals surface area contributed by atoms with Crippen LogP contribution in [0.3, 0.4) is 0 Å². The molecule has 2 aromatic rings. The summed E-state index contributed by atoms with van der Waals surface area (Å²) in [5, 5.41) is 13.1. The second-order valence-corrected chi connectivity index (χ2v) is 4.28. The number of nitro benzene ring substituents is 1. The number of rotatable bonds is 5. The molecule has 1 aromatic heterocycles. The number of nitrogens with one attached hydrogen (secondary N) is 1. The molecule has 6 nitrogen and oxygen atoms in total. The average Bonchev–Trinajstić information content (AvgIpc) is 2.47. The molecule has 108 valence electrons. The first-order valence-electron chi connectivity index (χ1n) is 6.20. The van der Waals surface area contributed by atoms with Crippen molar-refractivity contribution >= 4 is 11.6 Å². The molecule has 1 heterocycles. The van der Waals surface area contributed by atoms with Crippen LogP contribution in [0, 0.1) is 16.1 Å². The molecule has 0 spiro atoms. The number of carbonyl (C=O) groups is 1. The summed E-state index contributed by atoms with van der Waals surface area (Å²) in [5.74, 6) is -1.17. The number of carbonyl (C=O) groups excluding carboxylic acids is 1. The summed E-state index contributed by atoms with van der Waals surface area (Å²) in [4.78, 5) is 25.2. The van der Waals surface area contributed by atoms with Gasteiger partial charge in [0.05, 0.1) is 4.92 Å². The third-order valence-corrected chi connectivity index (χ3v) is 2.79. The summed E-state index contributed by atoms with van der Waals surface area (Å²) in [6.07, 6.45) is 0.513. The highest BCUT2D eigenvalue weighted by Crippen LogP contribution is 2.11. The van der Waals surface area contributed by atoms with Gasteiger partial charge in [-0.25, -0.2) is 4.98 Å². The van der Waals surface area contributed by atoms with E-state index in [1.165, 1.54) is 24.3 Å². The van der Waals surface area contributed by atoms with Crippen LogP contribution in [-0.2, 0) is 6.42 Å². The van der Waals surface area contributed by atoms with Gasteiger partial charge in [-0.05, 0) is 24.1 Å². The van der Waals surface area contributed by atoms with Crippen molar-refractivity contribution in [1.82, 2.24) is 10.3 Å². The van der Waals surface area contributed by atoms with E-state index in [2.05, 4.69) is 10.3 Å². The van der Waals surface area contributed by atoms with E-state index in [9.17, 15) is 19.3 Å². The van der Waals surface area contributed by atoms with E-state index in [4.69, 9.17) is 0 Å². The van der Waals surface area contributed by atoms with E-state index >= 15 is 0 Å². The van der Waals surface area contributed by atoms with E-state index in [-0.39, 0.29) is 11.4 Å². The predicted octanol–water partition coefficient (Wildman–Crippen LogP) is 2.10. The van der Waals surface area contributed by atoms with Crippen LogP contribution in [0.2, 0.25) is 0 Å². The van der Waals surface area contributed by atoms with Crippen LogP contribution in [0.4, 0.5) is 10.1 Å². The smallest absolute Gasteiger partial charge is 0.270 e. The second kappa shape index (κ2) is 6.56. The number of benzene rings is 1. The zero-order chi connectivity index (χ0) is 15.2. The molecule has 0 aliphatic heterocycles. The second-order valence-electron chi connectivity index (χ2n) is 4.28. The lowest BCUT2D eigenvalue weighted by atomic mass is 10.1. The fourth-order valence-corrected chi connectivity index (χ4v) is 1.73. The van der Waals surface area contributed by atoms with Crippen LogP contribution in [0.15, 0.2) is 42.5 Å². The zero-order valence-corrected chi connectivity index (χ0v) is 11.0. The van der Waals surface area contributed by atoms with E-state index < -0.39 is 16.8 Å². The van der Waals surface area contributed by atoms with Crippen molar-refractivity contribution in [3.05, 3.63) is 69.8 Å². The molecule has 21 heavy (non-hydrogen) atoms.